The minimum Gasteiger partial charge on any atom is -0.353 e. The average molecular weight is 335 g/mol. The van der Waals surface area contributed by atoms with E-state index in [2.05, 4.69) is 16.5 Å². The summed E-state index contributed by atoms with van der Waals surface area (Å²) in [7, 11) is 0. The average Bonchev–Trinajstić information content (AvgIpc) is 2.94. The van der Waals surface area contributed by atoms with Crippen LogP contribution in [0.2, 0.25) is 0 Å². The first kappa shape index (κ1) is 16.9. The minimum absolute atomic E-state index is 0.0488. The van der Waals surface area contributed by atoms with Gasteiger partial charge in [0.05, 0.1) is 18.0 Å². The van der Waals surface area contributed by atoms with Gasteiger partial charge >= 0.3 is 0 Å². The van der Waals surface area contributed by atoms with Crippen LogP contribution in [0.4, 0.5) is 0 Å². The summed E-state index contributed by atoms with van der Waals surface area (Å²) in [5.74, 6) is -0.0488. The summed E-state index contributed by atoms with van der Waals surface area (Å²) in [6.07, 6.45) is 1.28. The van der Waals surface area contributed by atoms with E-state index in [9.17, 15) is 4.79 Å². The van der Waals surface area contributed by atoms with Crippen LogP contribution in [0.5, 0.6) is 0 Å². The lowest BCUT2D eigenvalue weighted by Crippen LogP contribution is -2.32. The third kappa shape index (κ3) is 3.31. The second-order valence-corrected chi connectivity index (χ2v) is 6.34. The molecule has 0 unspecified atom stereocenters. The summed E-state index contributed by atoms with van der Waals surface area (Å²) < 4.78 is 1.86. The lowest BCUT2D eigenvalue weighted by molar-refractivity contribution is -0.121. The van der Waals surface area contributed by atoms with Crippen molar-refractivity contribution < 1.29 is 4.79 Å². The van der Waals surface area contributed by atoms with E-state index < -0.39 is 0 Å². The Balaban J connectivity index is 1.86. The molecular formula is C19H21N5O. The van der Waals surface area contributed by atoms with Crippen molar-refractivity contribution in [1.82, 2.24) is 19.9 Å². The monoisotopic (exact) mass is 335 g/mol. The molecule has 0 saturated carbocycles. The highest BCUT2D eigenvalue weighted by Gasteiger charge is 2.15. The van der Waals surface area contributed by atoms with Gasteiger partial charge in [0.25, 0.3) is 0 Å². The maximum absolute atomic E-state index is 12.1. The number of benzene rings is 1. The highest BCUT2D eigenvalue weighted by Crippen LogP contribution is 2.22. The summed E-state index contributed by atoms with van der Waals surface area (Å²) in [6.45, 7) is 5.82. The highest BCUT2D eigenvalue weighted by molar-refractivity contribution is 5.92. The molecule has 1 aromatic carbocycles. The van der Waals surface area contributed by atoms with Crippen LogP contribution in [-0.4, -0.2) is 26.5 Å². The Hall–Kier alpha value is -2.94. The number of fused-ring (bicyclic) bond motifs is 3. The van der Waals surface area contributed by atoms with Crippen molar-refractivity contribution in [2.45, 2.75) is 46.1 Å². The summed E-state index contributed by atoms with van der Waals surface area (Å²) in [5, 5.41) is 17.2. The smallest absolute Gasteiger partial charge is 0.220 e. The summed E-state index contributed by atoms with van der Waals surface area (Å²) in [4.78, 5) is 16.8. The highest BCUT2D eigenvalue weighted by atomic mass is 16.1. The van der Waals surface area contributed by atoms with Gasteiger partial charge in [-0.25, -0.2) is 9.50 Å². The number of rotatable bonds is 5. The molecule has 3 aromatic rings. The van der Waals surface area contributed by atoms with E-state index in [0.29, 0.717) is 19.3 Å². The van der Waals surface area contributed by atoms with Gasteiger partial charge in [-0.3, -0.25) is 4.79 Å². The number of amides is 1. The van der Waals surface area contributed by atoms with Crippen LogP contribution < -0.4 is 5.32 Å². The maximum atomic E-state index is 12.1. The van der Waals surface area contributed by atoms with Crippen LogP contribution in [0.3, 0.4) is 0 Å². The molecule has 2 aromatic heterocycles. The number of aryl methyl sites for hydroxylation is 2. The molecule has 0 fully saturated rings. The molecule has 2 heterocycles. The quantitative estimate of drug-likeness (QED) is 0.777. The van der Waals surface area contributed by atoms with Crippen molar-refractivity contribution in [1.29, 1.82) is 5.26 Å². The van der Waals surface area contributed by atoms with E-state index in [4.69, 9.17) is 10.2 Å². The zero-order valence-corrected chi connectivity index (χ0v) is 14.7. The standard InChI is InChI=1S/C19H21N5O/c1-12(10-11-20)21-18(25)9-8-15-13(2)22-19-16-6-4-5-7-17(16)23-24(19)14(15)3/h4-7,12H,8-10H2,1-3H3,(H,21,25)/t12-/m1/s1. The van der Waals surface area contributed by atoms with E-state index >= 15 is 0 Å². The van der Waals surface area contributed by atoms with Gasteiger partial charge in [0.2, 0.25) is 5.91 Å². The molecule has 25 heavy (non-hydrogen) atoms. The molecule has 1 amide bonds. The van der Waals surface area contributed by atoms with Crippen molar-refractivity contribution in [3.8, 4) is 6.07 Å². The van der Waals surface area contributed by atoms with Crippen LogP contribution in [-0.2, 0) is 11.2 Å². The lowest BCUT2D eigenvalue weighted by atomic mass is 10.1. The Bertz CT molecular complexity index is 983. The van der Waals surface area contributed by atoms with Crippen LogP contribution in [0.1, 0.15) is 36.7 Å². The predicted octanol–water partition coefficient (Wildman–Crippen LogP) is 2.85. The van der Waals surface area contributed by atoms with Crippen LogP contribution in [0.15, 0.2) is 24.3 Å². The minimum atomic E-state index is -0.128. The molecule has 1 N–H and O–H groups in total. The third-order valence-corrected chi connectivity index (χ3v) is 4.43. The molecule has 0 saturated heterocycles. The Morgan fingerprint density at radius 1 is 1.36 bits per heavy atom. The van der Waals surface area contributed by atoms with Gasteiger partial charge in [0.1, 0.15) is 0 Å². The van der Waals surface area contributed by atoms with Crippen molar-refractivity contribution in [2.75, 3.05) is 0 Å². The fourth-order valence-corrected chi connectivity index (χ4v) is 3.11. The summed E-state index contributed by atoms with van der Waals surface area (Å²) in [6, 6.07) is 9.88. The number of aromatic nitrogens is 3. The van der Waals surface area contributed by atoms with E-state index in [0.717, 1.165) is 33.5 Å². The van der Waals surface area contributed by atoms with E-state index in [1.807, 2.05) is 49.6 Å². The molecular weight excluding hydrogens is 314 g/mol. The zero-order chi connectivity index (χ0) is 18.0. The van der Waals surface area contributed by atoms with Crippen LogP contribution >= 0.6 is 0 Å². The second-order valence-electron chi connectivity index (χ2n) is 6.34. The van der Waals surface area contributed by atoms with Crippen LogP contribution in [0, 0.1) is 25.2 Å². The number of hydrogen-bond acceptors (Lipinski definition) is 4. The number of nitriles is 1. The van der Waals surface area contributed by atoms with Gasteiger partial charge < -0.3 is 5.32 Å². The predicted molar refractivity (Wildman–Crippen MR) is 96.1 cm³/mol. The number of hydrogen-bond donors (Lipinski definition) is 1. The normalized spacial score (nSPS) is 12.2. The molecule has 0 radical (unpaired) electrons. The largest absolute Gasteiger partial charge is 0.353 e. The SMILES string of the molecule is Cc1nc2c3ccccc3nn2c(C)c1CCC(=O)N[C@H](C)CC#N. The molecule has 0 spiro atoms. The number of nitrogens with one attached hydrogen (secondary N) is 1. The third-order valence-electron chi connectivity index (χ3n) is 4.43. The Morgan fingerprint density at radius 3 is 2.88 bits per heavy atom. The molecule has 128 valence electrons. The van der Waals surface area contributed by atoms with Gasteiger partial charge in [-0.05, 0) is 44.9 Å². The molecule has 0 bridgehead atoms. The molecule has 0 aliphatic rings. The van der Waals surface area contributed by atoms with Crippen molar-refractivity contribution in [3.05, 3.63) is 41.2 Å². The fraction of sp³-hybridized carbons (Fsp3) is 0.368. The molecule has 3 rings (SSSR count). The molecule has 1 atom stereocenters. The Morgan fingerprint density at radius 2 is 2.12 bits per heavy atom. The maximum Gasteiger partial charge on any atom is 0.220 e. The fourth-order valence-electron chi connectivity index (χ4n) is 3.11. The summed E-state index contributed by atoms with van der Waals surface area (Å²) in [5.41, 5.74) is 4.74. The van der Waals surface area contributed by atoms with Crippen molar-refractivity contribution >= 4 is 22.5 Å². The number of carbonyl (C=O) groups excluding carboxylic acids is 1. The van der Waals surface area contributed by atoms with E-state index in [1.165, 1.54) is 0 Å². The Kier molecular flexibility index (Phi) is 4.66. The molecule has 0 aliphatic heterocycles. The van der Waals surface area contributed by atoms with Crippen molar-refractivity contribution in [3.63, 3.8) is 0 Å². The first-order valence-corrected chi connectivity index (χ1v) is 8.41. The molecule has 6 nitrogen and oxygen atoms in total. The van der Waals surface area contributed by atoms with E-state index in [1.54, 1.807) is 0 Å². The van der Waals surface area contributed by atoms with Gasteiger partial charge in [0, 0.05) is 29.2 Å². The second kappa shape index (κ2) is 6.89. The summed E-state index contributed by atoms with van der Waals surface area (Å²) >= 11 is 0. The first-order valence-electron chi connectivity index (χ1n) is 8.41. The van der Waals surface area contributed by atoms with Gasteiger partial charge in [0.15, 0.2) is 5.65 Å². The molecule has 6 heteroatoms. The number of nitrogens with zero attached hydrogens (tertiary/aromatic N) is 4. The topological polar surface area (TPSA) is 83.1 Å². The Labute approximate surface area is 146 Å². The van der Waals surface area contributed by atoms with Gasteiger partial charge in [-0.1, -0.05) is 12.1 Å². The zero-order valence-electron chi connectivity index (χ0n) is 14.7. The first-order chi connectivity index (χ1) is 12.0. The molecule has 0 aliphatic carbocycles. The van der Waals surface area contributed by atoms with Gasteiger partial charge in [-0.15, -0.1) is 0 Å². The van der Waals surface area contributed by atoms with Crippen LogP contribution in [0.25, 0.3) is 16.6 Å². The van der Waals surface area contributed by atoms with Crippen molar-refractivity contribution in [2.24, 2.45) is 0 Å². The number of carbonyl (C=O) groups is 1. The lowest BCUT2D eigenvalue weighted by Gasteiger charge is -2.13. The van der Waals surface area contributed by atoms with E-state index in [-0.39, 0.29) is 11.9 Å². The van der Waals surface area contributed by atoms with Gasteiger partial charge in [-0.2, -0.15) is 10.4 Å².